The first kappa shape index (κ1) is 10.0. The van der Waals surface area contributed by atoms with Gasteiger partial charge in [0.05, 0.1) is 0 Å². The van der Waals surface area contributed by atoms with Crippen molar-refractivity contribution in [3.63, 3.8) is 0 Å². The highest BCUT2D eigenvalue weighted by Gasteiger charge is 2.29. The van der Waals surface area contributed by atoms with Crippen molar-refractivity contribution in [1.29, 1.82) is 0 Å². The van der Waals surface area contributed by atoms with E-state index in [0.29, 0.717) is 12.1 Å². The molecule has 1 aliphatic heterocycles. The number of aromatic hydroxyl groups is 1. The summed E-state index contributed by atoms with van der Waals surface area (Å²) in [6.45, 7) is 6.50. The average Bonchev–Trinajstić information content (AvgIpc) is 2.46. The Kier molecular flexibility index (Phi) is 2.18. The first-order valence-corrected chi connectivity index (χ1v) is 5.14. The number of hydrogen-bond acceptors (Lipinski definition) is 2. The van der Waals surface area contributed by atoms with Gasteiger partial charge in [0.2, 0.25) is 0 Å². The van der Waals surface area contributed by atoms with E-state index in [0.717, 1.165) is 11.1 Å². The van der Waals surface area contributed by atoms with Gasteiger partial charge in [-0.3, -0.25) is 4.79 Å². The highest BCUT2D eigenvalue weighted by molar-refractivity contribution is 5.99. The SMILES string of the molecule is Cc1cc2c(cc1O)C(=O)N(C(C)C)C2. The molecule has 3 nitrogen and oxygen atoms in total. The molecule has 1 aliphatic rings. The maximum Gasteiger partial charge on any atom is 0.254 e. The van der Waals surface area contributed by atoms with Crippen LogP contribution in [0, 0.1) is 6.92 Å². The van der Waals surface area contributed by atoms with Gasteiger partial charge in [-0.1, -0.05) is 0 Å². The number of phenolic OH excluding ortho intramolecular Hbond substituents is 1. The lowest BCUT2D eigenvalue weighted by molar-refractivity contribution is 0.0730. The summed E-state index contributed by atoms with van der Waals surface area (Å²) in [4.78, 5) is 13.7. The molecule has 0 aromatic heterocycles. The van der Waals surface area contributed by atoms with Gasteiger partial charge in [0.1, 0.15) is 5.75 Å². The van der Waals surface area contributed by atoms with Crippen LogP contribution in [0.1, 0.15) is 35.3 Å². The van der Waals surface area contributed by atoms with Crippen molar-refractivity contribution in [3.8, 4) is 5.75 Å². The molecule has 1 N–H and O–H groups in total. The Labute approximate surface area is 89.3 Å². The van der Waals surface area contributed by atoms with Gasteiger partial charge in [0.15, 0.2) is 0 Å². The van der Waals surface area contributed by atoms with Crippen molar-refractivity contribution in [2.45, 2.75) is 33.4 Å². The smallest absolute Gasteiger partial charge is 0.254 e. The predicted molar refractivity (Wildman–Crippen MR) is 57.9 cm³/mol. The molecule has 0 saturated heterocycles. The van der Waals surface area contributed by atoms with Crippen molar-refractivity contribution in [2.75, 3.05) is 0 Å². The molecule has 15 heavy (non-hydrogen) atoms. The van der Waals surface area contributed by atoms with Gasteiger partial charge in [0, 0.05) is 18.2 Å². The number of aryl methyl sites for hydroxylation is 1. The van der Waals surface area contributed by atoms with Gasteiger partial charge in [-0.25, -0.2) is 0 Å². The maximum absolute atomic E-state index is 11.9. The monoisotopic (exact) mass is 205 g/mol. The maximum atomic E-state index is 11.9. The molecule has 0 fully saturated rings. The Bertz CT molecular complexity index is 424. The van der Waals surface area contributed by atoms with Gasteiger partial charge >= 0.3 is 0 Å². The number of hydrogen-bond donors (Lipinski definition) is 1. The van der Waals surface area contributed by atoms with Crippen molar-refractivity contribution in [1.82, 2.24) is 4.90 Å². The fourth-order valence-electron chi connectivity index (χ4n) is 1.91. The zero-order valence-corrected chi connectivity index (χ0v) is 9.24. The van der Waals surface area contributed by atoms with Crippen LogP contribution in [0.2, 0.25) is 0 Å². The molecule has 0 aliphatic carbocycles. The number of nitrogens with zero attached hydrogens (tertiary/aromatic N) is 1. The summed E-state index contributed by atoms with van der Waals surface area (Å²) in [5, 5.41) is 9.56. The second-order valence-corrected chi connectivity index (χ2v) is 4.32. The normalized spacial score (nSPS) is 14.9. The molecule has 0 spiro atoms. The molecule has 80 valence electrons. The zero-order chi connectivity index (χ0) is 11.2. The highest BCUT2D eigenvalue weighted by Crippen LogP contribution is 2.29. The third-order valence-electron chi connectivity index (χ3n) is 2.88. The van der Waals surface area contributed by atoms with Crippen LogP contribution in [0.4, 0.5) is 0 Å². The van der Waals surface area contributed by atoms with E-state index in [2.05, 4.69) is 0 Å². The summed E-state index contributed by atoms with van der Waals surface area (Å²) in [5.74, 6) is 0.225. The van der Waals surface area contributed by atoms with Crippen LogP contribution in [0.25, 0.3) is 0 Å². The molecule has 0 saturated carbocycles. The molecule has 0 unspecified atom stereocenters. The van der Waals surface area contributed by atoms with E-state index in [9.17, 15) is 9.90 Å². The van der Waals surface area contributed by atoms with Crippen molar-refractivity contribution < 1.29 is 9.90 Å². The van der Waals surface area contributed by atoms with Crippen molar-refractivity contribution >= 4 is 5.91 Å². The Hall–Kier alpha value is -1.51. The Morgan fingerprint density at radius 1 is 1.40 bits per heavy atom. The first-order valence-electron chi connectivity index (χ1n) is 5.14. The summed E-state index contributed by atoms with van der Waals surface area (Å²) >= 11 is 0. The van der Waals surface area contributed by atoms with Gasteiger partial charge in [0.25, 0.3) is 5.91 Å². The van der Waals surface area contributed by atoms with Gasteiger partial charge in [-0.05, 0) is 44.0 Å². The van der Waals surface area contributed by atoms with E-state index in [1.165, 1.54) is 0 Å². The number of amides is 1. The largest absolute Gasteiger partial charge is 0.508 e. The van der Waals surface area contributed by atoms with Crippen LogP contribution in [-0.2, 0) is 6.54 Å². The minimum Gasteiger partial charge on any atom is -0.508 e. The molecule has 3 heteroatoms. The number of phenols is 1. The number of rotatable bonds is 1. The van der Waals surface area contributed by atoms with E-state index >= 15 is 0 Å². The number of carbonyl (C=O) groups is 1. The second-order valence-electron chi connectivity index (χ2n) is 4.32. The van der Waals surface area contributed by atoms with E-state index < -0.39 is 0 Å². The van der Waals surface area contributed by atoms with Crippen molar-refractivity contribution in [3.05, 3.63) is 28.8 Å². The Morgan fingerprint density at radius 3 is 2.67 bits per heavy atom. The van der Waals surface area contributed by atoms with E-state index in [1.807, 2.05) is 31.7 Å². The second kappa shape index (κ2) is 3.26. The van der Waals surface area contributed by atoms with Gasteiger partial charge in [-0.2, -0.15) is 0 Å². The van der Waals surface area contributed by atoms with E-state index in [1.54, 1.807) is 6.07 Å². The predicted octanol–water partition coefficient (Wildman–Crippen LogP) is 2.06. The quantitative estimate of drug-likeness (QED) is 0.762. The Morgan fingerprint density at radius 2 is 2.07 bits per heavy atom. The van der Waals surface area contributed by atoms with Crippen LogP contribution in [0.5, 0.6) is 5.75 Å². The number of fused-ring (bicyclic) bond motifs is 1. The highest BCUT2D eigenvalue weighted by atomic mass is 16.3. The van der Waals surface area contributed by atoms with Gasteiger partial charge in [-0.15, -0.1) is 0 Å². The van der Waals surface area contributed by atoms with E-state index in [4.69, 9.17) is 0 Å². The number of benzene rings is 1. The zero-order valence-electron chi connectivity index (χ0n) is 9.24. The Balaban J connectivity index is 2.46. The summed E-state index contributed by atoms with van der Waals surface area (Å²) in [6, 6.07) is 3.67. The summed E-state index contributed by atoms with van der Waals surface area (Å²) in [6.07, 6.45) is 0. The summed E-state index contributed by atoms with van der Waals surface area (Å²) in [5.41, 5.74) is 2.49. The summed E-state index contributed by atoms with van der Waals surface area (Å²) in [7, 11) is 0. The third-order valence-corrected chi connectivity index (χ3v) is 2.88. The molecule has 1 amide bonds. The van der Waals surface area contributed by atoms with Crippen LogP contribution in [0.3, 0.4) is 0 Å². The topological polar surface area (TPSA) is 40.5 Å². The average molecular weight is 205 g/mol. The standard InChI is InChI=1S/C12H15NO2/c1-7(2)13-6-9-4-8(3)11(14)5-10(9)12(13)15/h4-5,7,14H,6H2,1-3H3. The minimum absolute atomic E-state index is 0.0234. The molecular weight excluding hydrogens is 190 g/mol. The fraction of sp³-hybridized carbons (Fsp3) is 0.417. The molecule has 1 aromatic rings. The van der Waals surface area contributed by atoms with Crippen LogP contribution in [-0.4, -0.2) is 22.0 Å². The molecule has 0 radical (unpaired) electrons. The van der Waals surface area contributed by atoms with Crippen molar-refractivity contribution in [2.24, 2.45) is 0 Å². The summed E-state index contributed by atoms with van der Waals surface area (Å²) < 4.78 is 0. The van der Waals surface area contributed by atoms with Crippen LogP contribution >= 0.6 is 0 Å². The first-order chi connectivity index (χ1) is 7.00. The molecule has 0 atom stereocenters. The fourth-order valence-corrected chi connectivity index (χ4v) is 1.91. The van der Waals surface area contributed by atoms with Crippen LogP contribution in [0.15, 0.2) is 12.1 Å². The lowest BCUT2D eigenvalue weighted by Gasteiger charge is -2.19. The molecule has 0 bridgehead atoms. The molecule has 2 rings (SSSR count). The molecule has 1 heterocycles. The number of carbonyl (C=O) groups excluding carboxylic acids is 1. The third kappa shape index (κ3) is 1.48. The van der Waals surface area contributed by atoms with Gasteiger partial charge < -0.3 is 10.0 Å². The van der Waals surface area contributed by atoms with E-state index in [-0.39, 0.29) is 17.7 Å². The van der Waals surface area contributed by atoms with Crippen LogP contribution < -0.4 is 0 Å². The molecular formula is C12H15NO2. The minimum atomic E-state index is 0.0234. The lowest BCUT2D eigenvalue weighted by atomic mass is 10.1. The lowest BCUT2D eigenvalue weighted by Crippen LogP contribution is -2.30. The molecule has 1 aromatic carbocycles.